The van der Waals surface area contributed by atoms with E-state index in [-0.39, 0.29) is 6.04 Å². The van der Waals surface area contributed by atoms with Crippen molar-refractivity contribution in [2.24, 2.45) is 11.7 Å². The Morgan fingerprint density at radius 2 is 2.10 bits per heavy atom. The molecule has 0 aromatic heterocycles. The SMILES string of the molecule is CN(CCC(N)c1ccc(Br)cc1Cl)CC1CCCC1. The third-order valence-corrected chi connectivity index (χ3v) is 5.05. The molecule has 0 saturated heterocycles. The van der Waals surface area contributed by atoms with Crippen LogP contribution < -0.4 is 5.73 Å². The first-order valence-corrected chi connectivity index (χ1v) is 8.62. The largest absolute Gasteiger partial charge is 0.324 e. The van der Waals surface area contributed by atoms with E-state index in [2.05, 4.69) is 27.9 Å². The zero-order valence-corrected chi connectivity index (χ0v) is 14.5. The quantitative estimate of drug-likeness (QED) is 0.803. The number of nitrogens with zero attached hydrogens (tertiary/aromatic N) is 1. The highest BCUT2D eigenvalue weighted by molar-refractivity contribution is 9.10. The molecule has 2 rings (SSSR count). The highest BCUT2D eigenvalue weighted by Gasteiger charge is 2.17. The Morgan fingerprint density at radius 1 is 1.40 bits per heavy atom. The first-order valence-electron chi connectivity index (χ1n) is 7.45. The molecule has 1 fully saturated rings. The molecule has 2 N–H and O–H groups in total. The van der Waals surface area contributed by atoms with Gasteiger partial charge in [-0.05, 0) is 56.5 Å². The van der Waals surface area contributed by atoms with Crippen LogP contribution in [0.1, 0.15) is 43.7 Å². The maximum atomic E-state index is 6.28. The van der Waals surface area contributed by atoms with Gasteiger partial charge in [0.25, 0.3) is 0 Å². The summed E-state index contributed by atoms with van der Waals surface area (Å²) in [6.07, 6.45) is 6.56. The molecule has 1 atom stereocenters. The van der Waals surface area contributed by atoms with E-state index in [4.69, 9.17) is 17.3 Å². The second-order valence-electron chi connectivity index (χ2n) is 5.97. The molecule has 0 amide bonds. The van der Waals surface area contributed by atoms with Crippen molar-refractivity contribution in [1.29, 1.82) is 0 Å². The maximum absolute atomic E-state index is 6.28. The first-order chi connectivity index (χ1) is 9.56. The van der Waals surface area contributed by atoms with Crippen LogP contribution >= 0.6 is 27.5 Å². The van der Waals surface area contributed by atoms with Gasteiger partial charge in [0.1, 0.15) is 0 Å². The predicted molar refractivity (Wildman–Crippen MR) is 90.2 cm³/mol. The third-order valence-electron chi connectivity index (χ3n) is 4.23. The minimum atomic E-state index is 0.0154. The van der Waals surface area contributed by atoms with E-state index < -0.39 is 0 Å². The molecule has 1 unspecified atom stereocenters. The molecular weight excluding hydrogens is 336 g/mol. The summed E-state index contributed by atoms with van der Waals surface area (Å²) < 4.78 is 0.997. The van der Waals surface area contributed by atoms with Gasteiger partial charge >= 0.3 is 0 Å². The Balaban J connectivity index is 1.80. The molecule has 1 aliphatic rings. The van der Waals surface area contributed by atoms with E-state index in [1.54, 1.807) is 0 Å². The van der Waals surface area contributed by atoms with Gasteiger partial charge in [0.2, 0.25) is 0 Å². The average Bonchev–Trinajstić information content (AvgIpc) is 2.89. The van der Waals surface area contributed by atoms with Crippen molar-refractivity contribution >= 4 is 27.5 Å². The van der Waals surface area contributed by atoms with Crippen LogP contribution in [-0.4, -0.2) is 25.0 Å². The van der Waals surface area contributed by atoms with Crippen LogP contribution in [0.2, 0.25) is 5.02 Å². The van der Waals surface area contributed by atoms with Crippen LogP contribution in [0.25, 0.3) is 0 Å². The predicted octanol–water partition coefficient (Wildman–Crippen LogP) is 4.61. The van der Waals surface area contributed by atoms with Gasteiger partial charge in [-0.3, -0.25) is 0 Å². The normalized spacial score (nSPS) is 17.9. The highest BCUT2D eigenvalue weighted by atomic mass is 79.9. The summed E-state index contributed by atoms with van der Waals surface area (Å²) in [6, 6.07) is 5.96. The molecule has 4 heteroatoms. The highest BCUT2D eigenvalue weighted by Crippen LogP contribution is 2.28. The number of hydrogen-bond donors (Lipinski definition) is 1. The molecule has 1 aliphatic carbocycles. The summed E-state index contributed by atoms with van der Waals surface area (Å²) in [5.74, 6) is 0.896. The molecule has 0 aliphatic heterocycles. The van der Waals surface area contributed by atoms with Gasteiger partial charge in [0.15, 0.2) is 0 Å². The van der Waals surface area contributed by atoms with Gasteiger partial charge in [0.05, 0.1) is 0 Å². The van der Waals surface area contributed by atoms with Crippen LogP contribution in [0.4, 0.5) is 0 Å². The van der Waals surface area contributed by atoms with E-state index in [1.165, 1.54) is 32.2 Å². The zero-order chi connectivity index (χ0) is 14.5. The number of nitrogens with two attached hydrogens (primary N) is 1. The standard InChI is InChI=1S/C16H24BrClN2/c1-20(11-12-4-2-3-5-12)9-8-16(19)14-7-6-13(17)10-15(14)18/h6-7,10,12,16H,2-5,8-9,11,19H2,1H3. The molecular formula is C16H24BrClN2. The van der Waals surface area contributed by atoms with Gasteiger partial charge in [0, 0.05) is 22.1 Å². The Labute approximate surface area is 135 Å². The van der Waals surface area contributed by atoms with Crippen molar-refractivity contribution in [3.8, 4) is 0 Å². The Morgan fingerprint density at radius 3 is 2.75 bits per heavy atom. The molecule has 1 saturated carbocycles. The van der Waals surface area contributed by atoms with E-state index in [1.807, 2.05) is 18.2 Å². The Hall–Kier alpha value is -0.0900. The van der Waals surface area contributed by atoms with Crippen LogP contribution in [0.3, 0.4) is 0 Å². The minimum absolute atomic E-state index is 0.0154. The Bertz CT molecular complexity index is 432. The monoisotopic (exact) mass is 358 g/mol. The fourth-order valence-electron chi connectivity index (χ4n) is 3.04. The van der Waals surface area contributed by atoms with Gasteiger partial charge in [-0.2, -0.15) is 0 Å². The van der Waals surface area contributed by atoms with Crippen molar-refractivity contribution < 1.29 is 0 Å². The molecule has 20 heavy (non-hydrogen) atoms. The second kappa shape index (κ2) is 7.79. The first kappa shape index (κ1) is 16.3. The number of hydrogen-bond acceptors (Lipinski definition) is 2. The second-order valence-corrected chi connectivity index (χ2v) is 7.30. The van der Waals surface area contributed by atoms with Gasteiger partial charge in [-0.15, -0.1) is 0 Å². The van der Waals surface area contributed by atoms with Crippen molar-refractivity contribution in [1.82, 2.24) is 4.90 Å². The van der Waals surface area contributed by atoms with Crippen molar-refractivity contribution in [2.45, 2.75) is 38.1 Å². The van der Waals surface area contributed by atoms with E-state index >= 15 is 0 Å². The Kier molecular flexibility index (Phi) is 6.34. The van der Waals surface area contributed by atoms with E-state index in [0.717, 1.165) is 33.9 Å². The summed E-state index contributed by atoms with van der Waals surface area (Å²) in [5.41, 5.74) is 7.32. The number of rotatable bonds is 6. The third kappa shape index (κ3) is 4.73. The summed E-state index contributed by atoms with van der Waals surface area (Å²) >= 11 is 9.68. The molecule has 0 spiro atoms. The summed E-state index contributed by atoms with van der Waals surface area (Å²) in [7, 11) is 2.20. The number of benzene rings is 1. The molecule has 112 valence electrons. The van der Waals surface area contributed by atoms with Crippen molar-refractivity contribution in [3.63, 3.8) is 0 Å². The number of halogens is 2. The zero-order valence-electron chi connectivity index (χ0n) is 12.1. The molecule has 0 radical (unpaired) electrons. The molecule has 2 nitrogen and oxygen atoms in total. The molecule has 0 bridgehead atoms. The van der Waals surface area contributed by atoms with E-state index in [0.29, 0.717) is 0 Å². The lowest BCUT2D eigenvalue weighted by atomic mass is 10.0. The lowest BCUT2D eigenvalue weighted by Crippen LogP contribution is -2.28. The van der Waals surface area contributed by atoms with Crippen molar-refractivity contribution in [3.05, 3.63) is 33.3 Å². The molecule has 1 aromatic rings. The van der Waals surface area contributed by atoms with Gasteiger partial charge in [-0.1, -0.05) is 46.4 Å². The topological polar surface area (TPSA) is 29.3 Å². The van der Waals surface area contributed by atoms with Crippen LogP contribution in [0.5, 0.6) is 0 Å². The van der Waals surface area contributed by atoms with E-state index in [9.17, 15) is 0 Å². The average molecular weight is 360 g/mol. The fourth-order valence-corrected chi connectivity index (χ4v) is 3.86. The minimum Gasteiger partial charge on any atom is -0.324 e. The summed E-state index contributed by atoms with van der Waals surface area (Å²) in [4.78, 5) is 2.42. The lowest BCUT2D eigenvalue weighted by Gasteiger charge is -2.23. The van der Waals surface area contributed by atoms with Crippen LogP contribution in [-0.2, 0) is 0 Å². The molecule has 0 heterocycles. The van der Waals surface area contributed by atoms with Crippen LogP contribution in [0, 0.1) is 5.92 Å². The van der Waals surface area contributed by atoms with Crippen molar-refractivity contribution in [2.75, 3.05) is 20.1 Å². The summed E-state index contributed by atoms with van der Waals surface area (Å²) in [6.45, 7) is 2.24. The summed E-state index contributed by atoms with van der Waals surface area (Å²) in [5, 5.41) is 0.755. The van der Waals surface area contributed by atoms with Crippen LogP contribution in [0.15, 0.2) is 22.7 Å². The maximum Gasteiger partial charge on any atom is 0.0464 e. The molecule has 1 aromatic carbocycles. The van der Waals surface area contributed by atoms with Gasteiger partial charge < -0.3 is 10.6 Å². The fraction of sp³-hybridized carbons (Fsp3) is 0.625. The van der Waals surface area contributed by atoms with Gasteiger partial charge in [-0.25, -0.2) is 0 Å². The smallest absolute Gasteiger partial charge is 0.0464 e. The lowest BCUT2D eigenvalue weighted by molar-refractivity contribution is 0.268.